The molecular formula is C16H17NO5. The summed E-state index contributed by atoms with van der Waals surface area (Å²) < 4.78 is 10.8. The van der Waals surface area contributed by atoms with Crippen molar-refractivity contribution in [2.24, 2.45) is 0 Å². The van der Waals surface area contributed by atoms with Crippen molar-refractivity contribution >= 4 is 22.8 Å². The second-order valence-corrected chi connectivity index (χ2v) is 5.34. The number of ether oxygens (including phenoxy) is 1. The van der Waals surface area contributed by atoms with Gasteiger partial charge >= 0.3 is 5.97 Å². The summed E-state index contributed by atoms with van der Waals surface area (Å²) in [6.07, 6.45) is 2.10. The lowest BCUT2D eigenvalue weighted by molar-refractivity contribution is -0.143. The smallest absolute Gasteiger partial charge is 0.326 e. The number of hydrogen-bond acceptors (Lipinski definition) is 4. The Kier molecular flexibility index (Phi) is 3.75. The molecule has 1 aromatic carbocycles. The maximum atomic E-state index is 12.6. The normalized spacial score (nSPS) is 18.4. The number of carboxylic acids is 1. The molecule has 1 N–H and O–H groups in total. The molecule has 1 aromatic heterocycles. The minimum Gasteiger partial charge on any atom is -0.493 e. The first kappa shape index (κ1) is 14.4. The number of carbonyl (C=O) groups excluding carboxylic acids is 1. The van der Waals surface area contributed by atoms with E-state index in [-0.39, 0.29) is 11.7 Å². The Morgan fingerprint density at radius 3 is 2.91 bits per heavy atom. The first-order valence-corrected chi connectivity index (χ1v) is 7.22. The van der Waals surface area contributed by atoms with Crippen LogP contribution in [0.5, 0.6) is 5.75 Å². The summed E-state index contributed by atoms with van der Waals surface area (Å²) in [6, 6.07) is 6.24. The molecule has 1 amide bonds. The van der Waals surface area contributed by atoms with Crippen LogP contribution in [0.4, 0.5) is 0 Å². The number of likely N-dealkylation sites (tertiary alicyclic amines) is 1. The van der Waals surface area contributed by atoms with Crippen LogP contribution in [0.15, 0.2) is 28.7 Å². The maximum absolute atomic E-state index is 12.6. The molecule has 0 radical (unpaired) electrons. The number of piperidine rings is 1. The van der Waals surface area contributed by atoms with Gasteiger partial charge in [0.15, 0.2) is 17.1 Å². The Labute approximate surface area is 127 Å². The highest BCUT2D eigenvalue weighted by atomic mass is 16.5. The number of amides is 1. The molecule has 1 aliphatic heterocycles. The van der Waals surface area contributed by atoms with Crippen molar-refractivity contribution in [3.8, 4) is 5.75 Å². The van der Waals surface area contributed by atoms with Crippen molar-refractivity contribution in [2.45, 2.75) is 25.3 Å². The molecular weight excluding hydrogens is 286 g/mol. The molecule has 2 heterocycles. The van der Waals surface area contributed by atoms with E-state index in [9.17, 15) is 14.7 Å². The third-order valence-electron chi connectivity index (χ3n) is 3.99. The van der Waals surface area contributed by atoms with Crippen molar-refractivity contribution in [3.05, 3.63) is 30.0 Å². The van der Waals surface area contributed by atoms with E-state index in [1.807, 2.05) is 12.1 Å². The molecule has 1 aliphatic rings. The summed E-state index contributed by atoms with van der Waals surface area (Å²) in [5, 5.41) is 10.0. The number of hydrogen-bond donors (Lipinski definition) is 1. The van der Waals surface area contributed by atoms with Crippen LogP contribution in [0.3, 0.4) is 0 Å². The van der Waals surface area contributed by atoms with Gasteiger partial charge in [-0.05, 0) is 31.4 Å². The summed E-state index contributed by atoms with van der Waals surface area (Å²) in [5.74, 6) is -0.662. The number of aliphatic carboxylic acids is 1. The Morgan fingerprint density at radius 1 is 1.36 bits per heavy atom. The summed E-state index contributed by atoms with van der Waals surface area (Å²) in [7, 11) is 1.53. The summed E-state index contributed by atoms with van der Waals surface area (Å²) in [4.78, 5) is 25.3. The minimum absolute atomic E-state index is 0.146. The SMILES string of the molecule is COc1cccc2cc(C(=O)N3CCCC[C@H]3C(=O)O)oc12. The lowest BCUT2D eigenvalue weighted by atomic mass is 10.0. The van der Waals surface area contributed by atoms with E-state index in [2.05, 4.69) is 0 Å². The van der Waals surface area contributed by atoms with Gasteiger partial charge in [0.25, 0.3) is 5.91 Å². The average molecular weight is 303 g/mol. The molecule has 1 saturated heterocycles. The third kappa shape index (κ3) is 2.41. The van der Waals surface area contributed by atoms with Crippen LogP contribution in [0, 0.1) is 0 Å². The van der Waals surface area contributed by atoms with E-state index in [0.29, 0.717) is 24.3 Å². The van der Waals surface area contributed by atoms with Gasteiger partial charge in [0, 0.05) is 11.9 Å². The number of nitrogens with zero attached hydrogens (tertiary/aromatic N) is 1. The zero-order chi connectivity index (χ0) is 15.7. The van der Waals surface area contributed by atoms with Gasteiger partial charge in [-0.2, -0.15) is 0 Å². The number of carboxylic acid groups (broad SMARTS) is 1. The number of methoxy groups -OCH3 is 1. The van der Waals surface area contributed by atoms with Gasteiger partial charge < -0.3 is 19.2 Å². The van der Waals surface area contributed by atoms with E-state index in [1.54, 1.807) is 12.1 Å². The maximum Gasteiger partial charge on any atom is 0.326 e. The fraction of sp³-hybridized carbons (Fsp3) is 0.375. The molecule has 0 bridgehead atoms. The van der Waals surface area contributed by atoms with Crippen LogP contribution in [0.2, 0.25) is 0 Å². The first-order valence-electron chi connectivity index (χ1n) is 7.22. The van der Waals surface area contributed by atoms with Crippen LogP contribution < -0.4 is 4.74 Å². The molecule has 6 heteroatoms. The molecule has 1 fully saturated rings. The van der Waals surface area contributed by atoms with Crippen LogP contribution >= 0.6 is 0 Å². The Bertz CT molecular complexity index is 720. The molecule has 3 rings (SSSR count). The second-order valence-electron chi connectivity index (χ2n) is 5.34. The highest BCUT2D eigenvalue weighted by molar-refractivity contribution is 5.99. The molecule has 116 valence electrons. The predicted octanol–water partition coefficient (Wildman–Crippen LogP) is 2.52. The van der Waals surface area contributed by atoms with Gasteiger partial charge in [-0.15, -0.1) is 0 Å². The van der Waals surface area contributed by atoms with E-state index in [0.717, 1.165) is 18.2 Å². The van der Waals surface area contributed by atoms with E-state index in [1.165, 1.54) is 12.0 Å². The first-order chi connectivity index (χ1) is 10.6. The quantitative estimate of drug-likeness (QED) is 0.942. The Hall–Kier alpha value is -2.50. The fourth-order valence-electron chi connectivity index (χ4n) is 2.88. The lowest BCUT2D eigenvalue weighted by Gasteiger charge is -2.32. The minimum atomic E-state index is -0.971. The van der Waals surface area contributed by atoms with Gasteiger partial charge in [0.2, 0.25) is 0 Å². The fourth-order valence-corrected chi connectivity index (χ4v) is 2.88. The number of furan rings is 1. The van der Waals surface area contributed by atoms with Gasteiger partial charge in [-0.25, -0.2) is 4.79 Å². The molecule has 6 nitrogen and oxygen atoms in total. The van der Waals surface area contributed by atoms with Crippen molar-refractivity contribution in [2.75, 3.05) is 13.7 Å². The van der Waals surface area contributed by atoms with Crippen molar-refractivity contribution in [3.63, 3.8) is 0 Å². The zero-order valence-electron chi connectivity index (χ0n) is 12.2. The molecule has 2 aromatic rings. The largest absolute Gasteiger partial charge is 0.493 e. The number of rotatable bonds is 3. The second kappa shape index (κ2) is 5.71. The van der Waals surface area contributed by atoms with Gasteiger partial charge in [-0.3, -0.25) is 4.79 Å². The molecule has 0 spiro atoms. The topological polar surface area (TPSA) is 80.0 Å². The third-order valence-corrected chi connectivity index (χ3v) is 3.99. The Morgan fingerprint density at radius 2 is 2.18 bits per heavy atom. The van der Waals surface area contributed by atoms with Crippen LogP contribution in [-0.4, -0.2) is 41.6 Å². The summed E-state index contributed by atoms with van der Waals surface area (Å²) in [5.41, 5.74) is 0.497. The van der Waals surface area contributed by atoms with Crippen molar-refractivity contribution < 1.29 is 23.8 Å². The summed E-state index contributed by atoms with van der Waals surface area (Å²) in [6.45, 7) is 0.435. The Balaban J connectivity index is 1.96. The van der Waals surface area contributed by atoms with Gasteiger partial charge in [0.1, 0.15) is 6.04 Å². The molecule has 22 heavy (non-hydrogen) atoms. The van der Waals surface area contributed by atoms with Crippen molar-refractivity contribution in [1.29, 1.82) is 0 Å². The van der Waals surface area contributed by atoms with Crippen LogP contribution in [-0.2, 0) is 4.79 Å². The molecule has 0 aliphatic carbocycles. The highest BCUT2D eigenvalue weighted by Gasteiger charge is 2.34. The standard InChI is InChI=1S/C16H17NO5/c1-21-12-7-4-5-10-9-13(22-14(10)12)15(18)17-8-3-2-6-11(17)16(19)20/h4-5,7,9,11H,2-3,6,8H2,1H3,(H,19,20)/t11-/m0/s1. The van der Waals surface area contributed by atoms with E-state index in [4.69, 9.17) is 9.15 Å². The highest BCUT2D eigenvalue weighted by Crippen LogP contribution is 2.30. The predicted molar refractivity (Wildman–Crippen MR) is 79.1 cm³/mol. The lowest BCUT2D eigenvalue weighted by Crippen LogP contribution is -2.47. The molecule has 1 atom stereocenters. The number of carbonyl (C=O) groups is 2. The van der Waals surface area contributed by atoms with E-state index < -0.39 is 12.0 Å². The molecule has 0 saturated carbocycles. The van der Waals surface area contributed by atoms with Gasteiger partial charge in [-0.1, -0.05) is 12.1 Å². The van der Waals surface area contributed by atoms with Crippen LogP contribution in [0.25, 0.3) is 11.0 Å². The van der Waals surface area contributed by atoms with E-state index >= 15 is 0 Å². The molecule has 0 unspecified atom stereocenters. The monoisotopic (exact) mass is 303 g/mol. The number of benzene rings is 1. The number of fused-ring (bicyclic) bond motifs is 1. The number of para-hydroxylation sites is 1. The summed E-state index contributed by atoms with van der Waals surface area (Å²) >= 11 is 0. The van der Waals surface area contributed by atoms with Crippen LogP contribution in [0.1, 0.15) is 29.8 Å². The van der Waals surface area contributed by atoms with Gasteiger partial charge in [0.05, 0.1) is 7.11 Å². The average Bonchev–Trinajstić information content (AvgIpc) is 2.98. The van der Waals surface area contributed by atoms with Crippen molar-refractivity contribution in [1.82, 2.24) is 4.90 Å². The zero-order valence-corrected chi connectivity index (χ0v) is 12.2.